The average molecular weight is 303 g/mol. The van der Waals surface area contributed by atoms with Gasteiger partial charge < -0.3 is 9.47 Å². The quantitative estimate of drug-likeness (QED) is 0.480. The lowest BCUT2D eigenvalue weighted by molar-refractivity contribution is -0.180. The Hall–Kier alpha value is -2.63. The monoisotopic (exact) mass is 303 g/mol. The van der Waals surface area contributed by atoms with Crippen LogP contribution in [0.1, 0.15) is 25.5 Å². The number of carbonyl (C=O) groups excluding carboxylic acids is 3. The highest BCUT2D eigenvalue weighted by molar-refractivity contribution is 6.00. The molecule has 0 N–H and O–H groups in total. The Kier molecular flexibility index (Phi) is 4.60. The molecule has 1 heterocycles. The molecule has 0 bridgehead atoms. The van der Waals surface area contributed by atoms with Crippen molar-refractivity contribution in [3.8, 4) is 0 Å². The van der Waals surface area contributed by atoms with Crippen LogP contribution in [0.3, 0.4) is 0 Å². The van der Waals surface area contributed by atoms with Crippen molar-refractivity contribution in [1.82, 2.24) is 4.90 Å². The van der Waals surface area contributed by atoms with E-state index >= 15 is 0 Å². The van der Waals surface area contributed by atoms with Gasteiger partial charge in [0, 0.05) is 6.92 Å². The lowest BCUT2D eigenvalue weighted by Gasteiger charge is -2.46. The van der Waals surface area contributed by atoms with Gasteiger partial charge in [0.25, 0.3) is 5.91 Å². The van der Waals surface area contributed by atoms with Crippen molar-refractivity contribution in [1.29, 1.82) is 0 Å². The second kappa shape index (κ2) is 6.43. The van der Waals surface area contributed by atoms with Gasteiger partial charge in [-0.1, -0.05) is 36.4 Å². The molecule has 1 fully saturated rings. The number of esters is 2. The van der Waals surface area contributed by atoms with E-state index in [1.54, 1.807) is 6.92 Å². The second-order valence-electron chi connectivity index (χ2n) is 4.76. The largest absolute Gasteiger partial charge is 0.464 e. The molecule has 1 amide bonds. The molecule has 0 saturated carbocycles. The van der Waals surface area contributed by atoms with Gasteiger partial charge in [-0.25, -0.2) is 4.79 Å². The van der Waals surface area contributed by atoms with Gasteiger partial charge in [-0.05, 0) is 12.5 Å². The van der Waals surface area contributed by atoms with Crippen molar-refractivity contribution in [2.45, 2.75) is 26.0 Å². The minimum atomic E-state index is -0.931. The van der Waals surface area contributed by atoms with Crippen LogP contribution in [-0.2, 0) is 23.9 Å². The fourth-order valence-electron chi connectivity index (χ4n) is 2.46. The molecule has 1 saturated heterocycles. The Balaban J connectivity index is 2.38. The molecule has 0 radical (unpaired) electrons. The number of methoxy groups -OCH3 is 1. The van der Waals surface area contributed by atoms with E-state index in [0.717, 1.165) is 5.56 Å². The zero-order valence-corrected chi connectivity index (χ0v) is 12.6. The summed E-state index contributed by atoms with van der Waals surface area (Å²) in [5.74, 6) is -1.60. The van der Waals surface area contributed by atoms with E-state index in [2.05, 4.69) is 0 Å². The minimum absolute atomic E-state index is 0.129. The smallest absolute Gasteiger partial charge is 0.354 e. The molecule has 2 rings (SSSR count). The second-order valence-corrected chi connectivity index (χ2v) is 4.76. The number of nitrogens with zero attached hydrogens (tertiary/aromatic N) is 1. The van der Waals surface area contributed by atoms with Crippen LogP contribution in [0.2, 0.25) is 0 Å². The Bertz CT molecular complexity index is 623. The highest BCUT2D eigenvalue weighted by Crippen LogP contribution is 2.40. The first-order valence-corrected chi connectivity index (χ1v) is 6.81. The van der Waals surface area contributed by atoms with Gasteiger partial charge in [0.1, 0.15) is 11.7 Å². The number of hydrogen-bond acceptors (Lipinski definition) is 5. The first kappa shape index (κ1) is 15.8. The fourth-order valence-corrected chi connectivity index (χ4v) is 2.46. The van der Waals surface area contributed by atoms with E-state index < -0.39 is 30.0 Å². The maximum Gasteiger partial charge on any atom is 0.354 e. The van der Waals surface area contributed by atoms with Crippen LogP contribution in [0.15, 0.2) is 42.1 Å². The van der Waals surface area contributed by atoms with E-state index in [-0.39, 0.29) is 5.70 Å². The highest BCUT2D eigenvalue weighted by atomic mass is 16.6. The van der Waals surface area contributed by atoms with E-state index in [9.17, 15) is 14.4 Å². The zero-order chi connectivity index (χ0) is 16.3. The van der Waals surface area contributed by atoms with Crippen LogP contribution in [0.25, 0.3) is 0 Å². The van der Waals surface area contributed by atoms with Gasteiger partial charge in [-0.3, -0.25) is 14.5 Å². The summed E-state index contributed by atoms with van der Waals surface area (Å²) in [6.45, 7) is 2.88. The van der Waals surface area contributed by atoms with Crippen LogP contribution in [-0.4, -0.2) is 36.0 Å². The van der Waals surface area contributed by atoms with E-state index in [4.69, 9.17) is 9.47 Å². The van der Waals surface area contributed by atoms with Gasteiger partial charge in [0.05, 0.1) is 7.11 Å². The number of amides is 1. The summed E-state index contributed by atoms with van der Waals surface area (Å²) < 4.78 is 9.79. The van der Waals surface area contributed by atoms with Crippen molar-refractivity contribution >= 4 is 17.8 Å². The first-order valence-electron chi connectivity index (χ1n) is 6.81. The van der Waals surface area contributed by atoms with Crippen LogP contribution in [0.5, 0.6) is 0 Å². The molecule has 2 atom stereocenters. The first-order chi connectivity index (χ1) is 10.5. The van der Waals surface area contributed by atoms with E-state index in [0.29, 0.717) is 0 Å². The Labute approximate surface area is 128 Å². The van der Waals surface area contributed by atoms with Crippen molar-refractivity contribution in [2.75, 3.05) is 7.11 Å². The third-order valence-electron chi connectivity index (χ3n) is 3.41. The predicted molar refractivity (Wildman–Crippen MR) is 77.4 cm³/mol. The van der Waals surface area contributed by atoms with Gasteiger partial charge in [-0.15, -0.1) is 0 Å². The Morgan fingerprint density at radius 3 is 2.36 bits per heavy atom. The lowest BCUT2D eigenvalue weighted by atomic mass is 9.89. The number of rotatable bonds is 4. The molecule has 6 nitrogen and oxygen atoms in total. The maximum atomic E-state index is 12.3. The molecule has 1 aromatic rings. The highest BCUT2D eigenvalue weighted by Gasteiger charge is 2.53. The predicted octanol–water partition coefficient (Wildman–Crippen LogP) is 1.58. The topological polar surface area (TPSA) is 72.9 Å². The normalized spacial score (nSPS) is 21.1. The number of benzene rings is 1. The van der Waals surface area contributed by atoms with Crippen molar-refractivity contribution in [3.05, 3.63) is 47.7 Å². The zero-order valence-electron chi connectivity index (χ0n) is 12.6. The molecule has 116 valence electrons. The summed E-state index contributed by atoms with van der Waals surface area (Å²) >= 11 is 0. The molecule has 0 unspecified atom stereocenters. The van der Waals surface area contributed by atoms with Crippen molar-refractivity contribution in [2.24, 2.45) is 0 Å². The minimum Gasteiger partial charge on any atom is -0.464 e. The fraction of sp³-hybridized carbons (Fsp3) is 0.312. The lowest BCUT2D eigenvalue weighted by Crippen LogP contribution is -2.60. The summed E-state index contributed by atoms with van der Waals surface area (Å²) in [6.07, 6.45) is 0.573. The number of likely N-dealkylation sites (tertiary alicyclic amines) is 1. The number of allylic oxidation sites excluding steroid dienone is 1. The average Bonchev–Trinajstić information content (AvgIpc) is 2.53. The molecular formula is C16H17NO5. The van der Waals surface area contributed by atoms with Crippen molar-refractivity contribution < 1.29 is 23.9 Å². The number of hydrogen-bond donors (Lipinski definition) is 0. The van der Waals surface area contributed by atoms with E-state index in [1.165, 1.54) is 25.0 Å². The molecule has 0 aliphatic carbocycles. The van der Waals surface area contributed by atoms with Crippen LogP contribution >= 0.6 is 0 Å². The molecule has 22 heavy (non-hydrogen) atoms. The SMILES string of the molecule is C/C=C(\C(=O)OC)N1C(=O)[C@H](OC(C)=O)[C@@H]1c1ccccc1. The molecular weight excluding hydrogens is 286 g/mol. The maximum absolute atomic E-state index is 12.3. The summed E-state index contributed by atoms with van der Waals surface area (Å²) in [7, 11) is 1.25. The van der Waals surface area contributed by atoms with Gasteiger partial charge in [-0.2, -0.15) is 0 Å². The molecule has 6 heteroatoms. The summed E-state index contributed by atoms with van der Waals surface area (Å²) in [5.41, 5.74) is 0.904. The summed E-state index contributed by atoms with van der Waals surface area (Å²) in [5, 5.41) is 0. The molecule has 1 aliphatic heterocycles. The number of carbonyl (C=O) groups is 3. The van der Waals surface area contributed by atoms with Gasteiger partial charge in [0.15, 0.2) is 0 Å². The van der Waals surface area contributed by atoms with Gasteiger partial charge >= 0.3 is 11.9 Å². The third-order valence-corrected chi connectivity index (χ3v) is 3.41. The van der Waals surface area contributed by atoms with Crippen LogP contribution in [0.4, 0.5) is 0 Å². The van der Waals surface area contributed by atoms with Gasteiger partial charge in [0.2, 0.25) is 6.10 Å². The van der Waals surface area contributed by atoms with Crippen molar-refractivity contribution in [3.63, 3.8) is 0 Å². The standard InChI is InChI=1S/C16H17NO5/c1-4-12(16(20)21-3)17-13(11-8-6-5-7-9-11)14(15(17)19)22-10(2)18/h4-9,13-14H,1-3H3/b12-4+/t13-,14+/m0/s1. The summed E-state index contributed by atoms with van der Waals surface area (Å²) in [4.78, 5) is 36.6. The molecule has 0 aromatic heterocycles. The molecule has 1 aromatic carbocycles. The molecule has 1 aliphatic rings. The number of ether oxygens (including phenoxy) is 2. The molecule has 0 spiro atoms. The van der Waals surface area contributed by atoms with Crippen LogP contribution < -0.4 is 0 Å². The summed E-state index contributed by atoms with van der Waals surface area (Å²) in [6, 6.07) is 8.55. The Morgan fingerprint density at radius 1 is 1.23 bits per heavy atom. The van der Waals surface area contributed by atoms with E-state index in [1.807, 2.05) is 30.3 Å². The van der Waals surface area contributed by atoms with Crippen LogP contribution in [0, 0.1) is 0 Å². The number of β-lactam (4-membered cyclic amide) rings is 1. The third kappa shape index (κ3) is 2.72. The Morgan fingerprint density at radius 2 is 1.86 bits per heavy atom.